The van der Waals surface area contributed by atoms with Crippen molar-refractivity contribution in [1.82, 2.24) is 15.5 Å². The predicted octanol–water partition coefficient (Wildman–Crippen LogP) is 4.68. The zero-order valence-electron chi connectivity index (χ0n) is 22.9. The number of carbonyl (C=O) groups is 3. The minimum atomic E-state index is -1.22. The number of alkyl carbamates (subject to hydrolysis) is 1. The molecule has 8 heteroatoms. The first-order valence-electron chi connectivity index (χ1n) is 14.4. The number of carboxylic acids is 1. The summed E-state index contributed by atoms with van der Waals surface area (Å²) in [7, 11) is 0. The highest BCUT2D eigenvalue weighted by molar-refractivity contribution is 5.89. The molecule has 3 unspecified atom stereocenters. The van der Waals surface area contributed by atoms with E-state index in [1.54, 1.807) is 0 Å². The summed E-state index contributed by atoms with van der Waals surface area (Å²) in [4.78, 5) is 40.2. The van der Waals surface area contributed by atoms with Gasteiger partial charge in [-0.3, -0.25) is 14.5 Å². The van der Waals surface area contributed by atoms with Gasteiger partial charge in [-0.05, 0) is 53.5 Å². The number of carbonyl (C=O) groups excluding carboxylic acids is 2. The molecule has 2 heterocycles. The number of hydrogen-bond acceptors (Lipinski definition) is 5. The minimum absolute atomic E-state index is 0.0624. The summed E-state index contributed by atoms with van der Waals surface area (Å²) in [6.45, 7) is 0.978. The van der Waals surface area contributed by atoms with Crippen molar-refractivity contribution < 1.29 is 24.2 Å². The van der Waals surface area contributed by atoms with Crippen LogP contribution in [0.1, 0.15) is 54.7 Å². The first-order chi connectivity index (χ1) is 20.0. The second-order valence-corrected chi connectivity index (χ2v) is 11.3. The number of fused-ring (bicyclic) bond motifs is 5. The summed E-state index contributed by atoms with van der Waals surface area (Å²) >= 11 is 0. The molecule has 2 saturated heterocycles. The standard InChI is InChI=1S/C33H35N3O5/c37-31(38)18-30(32(39)34-22-16-23-14-15-24(17-22)36(23)19-21-8-2-1-3-9-21)35-33(40)41-20-29-27-12-6-4-10-25(27)26-11-5-7-13-28(26)29/h1-13,22-24,29-30H,14-20H2,(H,34,39)(H,35,40)(H,37,38). The molecule has 0 spiro atoms. The van der Waals surface area contributed by atoms with Gasteiger partial charge in [0.25, 0.3) is 0 Å². The first-order valence-corrected chi connectivity index (χ1v) is 14.4. The van der Waals surface area contributed by atoms with Crippen LogP contribution in [0, 0.1) is 0 Å². The summed E-state index contributed by atoms with van der Waals surface area (Å²) in [5, 5.41) is 15.0. The zero-order valence-corrected chi connectivity index (χ0v) is 22.9. The maximum absolute atomic E-state index is 13.2. The van der Waals surface area contributed by atoms with Crippen LogP contribution in [0.15, 0.2) is 78.9 Å². The van der Waals surface area contributed by atoms with E-state index in [1.807, 2.05) is 42.5 Å². The summed E-state index contributed by atoms with van der Waals surface area (Å²) in [5.74, 6) is -1.78. The lowest BCUT2D eigenvalue weighted by Crippen LogP contribution is -2.55. The van der Waals surface area contributed by atoms with E-state index >= 15 is 0 Å². The predicted molar refractivity (Wildman–Crippen MR) is 154 cm³/mol. The van der Waals surface area contributed by atoms with E-state index in [0.717, 1.165) is 54.5 Å². The van der Waals surface area contributed by atoms with Crippen LogP contribution in [0.5, 0.6) is 0 Å². The molecule has 0 saturated carbocycles. The fourth-order valence-electron chi connectivity index (χ4n) is 6.91. The van der Waals surface area contributed by atoms with Gasteiger partial charge in [0.1, 0.15) is 12.6 Å². The second-order valence-electron chi connectivity index (χ2n) is 11.3. The van der Waals surface area contributed by atoms with Gasteiger partial charge in [-0.15, -0.1) is 0 Å². The van der Waals surface area contributed by atoms with Crippen LogP contribution < -0.4 is 10.6 Å². The Morgan fingerprint density at radius 3 is 2.05 bits per heavy atom. The Kier molecular flexibility index (Phi) is 7.74. The monoisotopic (exact) mass is 553 g/mol. The first kappa shape index (κ1) is 27.0. The summed E-state index contributed by atoms with van der Waals surface area (Å²) in [6.07, 6.45) is 2.46. The molecule has 212 valence electrons. The average Bonchev–Trinajstić information content (AvgIpc) is 3.40. The van der Waals surface area contributed by atoms with Gasteiger partial charge in [-0.25, -0.2) is 4.79 Å². The summed E-state index contributed by atoms with van der Waals surface area (Å²) in [6, 6.07) is 25.9. The molecule has 0 radical (unpaired) electrons. The molecule has 8 nitrogen and oxygen atoms in total. The van der Waals surface area contributed by atoms with Crippen molar-refractivity contribution in [1.29, 1.82) is 0 Å². The third-order valence-electron chi connectivity index (χ3n) is 8.77. The van der Waals surface area contributed by atoms with Gasteiger partial charge in [0.2, 0.25) is 5.91 Å². The Morgan fingerprint density at radius 1 is 0.854 bits per heavy atom. The molecule has 3 atom stereocenters. The number of ether oxygens (including phenoxy) is 1. The molecule has 2 aliphatic heterocycles. The zero-order chi connectivity index (χ0) is 28.3. The highest BCUT2D eigenvalue weighted by Crippen LogP contribution is 2.44. The van der Waals surface area contributed by atoms with Crippen LogP contribution in [0.2, 0.25) is 0 Å². The highest BCUT2D eigenvalue weighted by Gasteiger charge is 2.41. The van der Waals surface area contributed by atoms with Crippen LogP contribution in [0.4, 0.5) is 4.79 Å². The minimum Gasteiger partial charge on any atom is -0.481 e. The quantitative estimate of drug-likeness (QED) is 0.355. The van der Waals surface area contributed by atoms with Gasteiger partial charge >= 0.3 is 12.1 Å². The van der Waals surface area contributed by atoms with Gasteiger partial charge in [-0.1, -0.05) is 78.9 Å². The molecule has 3 N–H and O–H groups in total. The number of piperidine rings is 1. The van der Waals surface area contributed by atoms with Crippen molar-refractivity contribution in [2.45, 2.75) is 68.7 Å². The number of nitrogens with one attached hydrogen (secondary N) is 2. The number of hydrogen-bond donors (Lipinski definition) is 3. The van der Waals surface area contributed by atoms with E-state index in [4.69, 9.17) is 4.74 Å². The number of nitrogens with zero attached hydrogens (tertiary/aromatic N) is 1. The fourth-order valence-corrected chi connectivity index (χ4v) is 6.91. The normalized spacial score (nSPS) is 21.9. The molecular formula is C33H35N3O5. The van der Waals surface area contributed by atoms with Crippen molar-refractivity contribution in [2.24, 2.45) is 0 Å². The Labute approximate surface area is 239 Å². The molecule has 3 aliphatic rings. The number of aliphatic carboxylic acids is 1. The molecule has 3 aromatic rings. The van der Waals surface area contributed by atoms with E-state index in [1.165, 1.54) is 5.56 Å². The molecule has 2 amide bonds. The Morgan fingerprint density at radius 2 is 1.44 bits per heavy atom. The number of benzene rings is 3. The van der Waals surface area contributed by atoms with Crippen LogP contribution in [0.3, 0.4) is 0 Å². The van der Waals surface area contributed by atoms with Crippen LogP contribution in [0.25, 0.3) is 11.1 Å². The van der Waals surface area contributed by atoms with Crippen LogP contribution in [-0.4, -0.2) is 58.8 Å². The molecule has 3 aromatic carbocycles. The number of amides is 2. The fraction of sp³-hybridized carbons (Fsp3) is 0.364. The van der Waals surface area contributed by atoms with Crippen molar-refractivity contribution in [3.05, 3.63) is 95.6 Å². The third-order valence-corrected chi connectivity index (χ3v) is 8.77. The maximum Gasteiger partial charge on any atom is 0.407 e. The SMILES string of the molecule is O=C(O)CC(NC(=O)OCC1c2ccccc2-c2ccccc21)C(=O)NC1CC2CCC(C1)N2Cc1ccccc1. The second kappa shape index (κ2) is 11.7. The van der Waals surface area contributed by atoms with Crippen LogP contribution in [-0.2, 0) is 20.9 Å². The van der Waals surface area contributed by atoms with Crippen LogP contribution >= 0.6 is 0 Å². The third kappa shape index (κ3) is 5.84. The van der Waals surface area contributed by atoms with Crippen molar-refractivity contribution in [2.75, 3.05) is 6.61 Å². The van der Waals surface area contributed by atoms with E-state index in [9.17, 15) is 19.5 Å². The number of rotatable bonds is 9. The Balaban J connectivity index is 1.05. The largest absolute Gasteiger partial charge is 0.481 e. The maximum atomic E-state index is 13.2. The van der Waals surface area contributed by atoms with Gasteiger partial charge < -0.3 is 20.5 Å². The Bertz CT molecular complexity index is 1370. The number of carboxylic acid groups (broad SMARTS) is 1. The summed E-state index contributed by atoms with van der Waals surface area (Å²) < 4.78 is 5.58. The average molecular weight is 554 g/mol. The Hall–Kier alpha value is -4.17. The molecule has 41 heavy (non-hydrogen) atoms. The molecule has 6 rings (SSSR count). The summed E-state index contributed by atoms with van der Waals surface area (Å²) in [5.41, 5.74) is 5.66. The smallest absolute Gasteiger partial charge is 0.407 e. The van der Waals surface area contributed by atoms with E-state index in [0.29, 0.717) is 12.1 Å². The van der Waals surface area contributed by atoms with Crippen molar-refractivity contribution in [3.63, 3.8) is 0 Å². The topological polar surface area (TPSA) is 108 Å². The molecule has 1 aliphatic carbocycles. The van der Waals surface area contributed by atoms with E-state index in [2.05, 4.69) is 51.9 Å². The highest BCUT2D eigenvalue weighted by atomic mass is 16.5. The van der Waals surface area contributed by atoms with E-state index in [-0.39, 0.29) is 18.6 Å². The molecule has 2 fully saturated rings. The molecular weight excluding hydrogens is 518 g/mol. The van der Waals surface area contributed by atoms with Gasteiger partial charge in [0, 0.05) is 30.6 Å². The van der Waals surface area contributed by atoms with Gasteiger partial charge in [0.15, 0.2) is 0 Å². The lowest BCUT2D eigenvalue weighted by Gasteiger charge is -2.39. The lowest BCUT2D eigenvalue weighted by molar-refractivity contribution is -0.140. The van der Waals surface area contributed by atoms with Gasteiger partial charge in [0.05, 0.1) is 6.42 Å². The lowest BCUT2D eigenvalue weighted by atomic mass is 9.96. The van der Waals surface area contributed by atoms with Crippen molar-refractivity contribution in [3.8, 4) is 11.1 Å². The molecule has 0 aromatic heterocycles. The van der Waals surface area contributed by atoms with Gasteiger partial charge in [-0.2, -0.15) is 0 Å². The van der Waals surface area contributed by atoms with E-state index < -0.39 is 30.4 Å². The van der Waals surface area contributed by atoms with Crippen molar-refractivity contribution >= 4 is 18.0 Å². The molecule has 2 bridgehead atoms.